The van der Waals surface area contributed by atoms with E-state index in [0.29, 0.717) is 11.2 Å². The predicted octanol–water partition coefficient (Wildman–Crippen LogP) is 2.95. The number of nitrogens with one attached hydrogen (secondary N) is 2. The molecule has 1 atom stereocenters. The number of anilines is 1. The van der Waals surface area contributed by atoms with Crippen molar-refractivity contribution in [3.05, 3.63) is 90.5 Å². The van der Waals surface area contributed by atoms with Gasteiger partial charge in [0.1, 0.15) is 5.76 Å². The smallest absolute Gasteiger partial charge is 0.251 e. The molecule has 2 aromatic heterocycles. The van der Waals surface area contributed by atoms with Crippen LogP contribution in [0.5, 0.6) is 0 Å². The molecule has 0 aliphatic rings. The maximum atomic E-state index is 13.7. The van der Waals surface area contributed by atoms with Crippen LogP contribution in [0, 0.1) is 6.92 Å². The fraction of sp³-hybridized carbons (Fsp3) is 0.222. The van der Waals surface area contributed by atoms with Gasteiger partial charge in [-0.3, -0.25) is 19.5 Å². The summed E-state index contributed by atoms with van der Waals surface area (Å²) in [5, 5.41) is 3.48. The predicted molar refractivity (Wildman–Crippen MR) is 142 cm³/mol. The normalized spacial score (nSPS) is 12.3. The third kappa shape index (κ3) is 6.25. The van der Waals surface area contributed by atoms with Crippen LogP contribution in [0.15, 0.2) is 88.5 Å². The van der Waals surface area contributed by atoms with Gasteiger partial charge in [-0.05, 0) is 43.3 Å². The molecule has 2 N–H and O–H groups in total. The molecular weight excluding hydrogens is 508 g/mol. The zero-order valence-electron chi connectivity index (χ0n) is 21.0. The van der Waals surface area contributed by atoms with Crippen LogP contribution in [0.2, 0.25) is 0 Å². The summed E-state index contributed by atoms with van der Waals surface area (Å²) in [7, 11) is -2.49. The van der Waals surface area contributed by atoms with Crippen molar-refractivity contribution in [2.24, 2.45) is 0 Å². The van der Waals surface area contributed by atoms with Gasteiger partial charge in [-0.15, -0.1) is 0 Å². The molecule has 2 aromatic carbocycles. The maximum absolute atomic E-state index is 13.7. The second kappa shape index (κ2) is 12.0. The quantitative estimate of drug-likeness (QED) is 0.282. The summed E-state index contributed by atoms with van der Waals surface area (Å²) in [6, 6.07) is 17.2. The van der Waals surface area contributed by atoms with Crippen molar-refractivity contribution in [2.45, 2.75) is 17.9 Å². The van der Waals surface area contributed by atoms with Crippen molar-refractivity contribution in [3.63, 3.8) is 0 Å². The summed E-state index contributed by atoms with van der Waals surface area (Å²) >= 11 is 0. The molecular formula is C27H28N4O6S. The van der Waals surface area contributed by atoms with Crippen molar-refractivity contribution in [2.75, 3.05) is 31.7 Å². The van der Waals surface area contributed by atoms with Crippen LogP contribution in [0.3, 0.4) is 0 Å². The molecule has 11 heteroatoms. The number of hydrogen-bond donors (Lipinski definition) is 2. The fourth-order valence-corrected chi connectivity index (χ4v) is 4.84. The topological polar surface area (TPSA) is 131 Å². The van der Waals surface area contributed by atoms with Crippen LogP contribution >= 0.6 is 0 Å². The summed E-state index contributed by atoms with van der Waals surface area (Å²) in [4.78, 5) is 32.7. The molecule has 0 aliphatic heterocycles. The molecule has 10 nitrogen and oxygen atoms in total. The minimum atomic E-state index is -3.99. The number of aryl methyl sites for hydroxylation is 1. The Kier molecular flexibility index (Phi) is 8.52. The monoisotopic (exact) mass is 536 g/mol. The van der Waals surface area contributed by atoms with Gasteiger partial charge in [0, 0.05) is 19.0 Å². The standard InChI is InChI=1S/C27H28N4O6S/c1-19-9-11-22(12-10-19)38(34,35)30-18-25(32)31(21-16-20-6-3-4-7-23(20)29-17-21)26(24-8-5-14-37-24)27(33)28-13-15-36-2/h3-12,14,16-17,26,30H,13,15,18H2,1-2H3,(H,28,33). The number of nitrogens with zero attached hydrogens (tertiary/aromatic N) is 2. The van der Waals surface area contributed by atoms with Gasteiger partial charge < -0.3 is 14.5 Å². The van der Waals surface area contributed by atoms with Crippen molar-refractivity contribution in [1.29, 1.82) is 0 Å². The number of sulfonamides is 1. The first-order valence-electron chi connectivity index (χ1n) is 11.8. The number of fused-ring (bicyclic) bond motifs is 1. The minimum absolute atomic E-state index is 0.0229. The van der Waals surface area contributed by atoms with E-state index >= 15 is 0 Å². The number of pyridine rings is 1. The molecule has 0 saturated heterocycles. The summed E-state index contributed by atoms with van der Waals surface area (Å²) in [5.74, 6) is -1.01. The number of ether oxygens (including phenoxy) is 1. The van der Waals surface area contributed by atoms with Crippen LogP contribution in [-0.2, 0) is 24.3 Å². The number of aromatic nitrogens is 1. The number of carbonyl (C=O) groups excluding carboxylic acids is 2. The van der Waals surface area contributed by atoms with E-state index in [2.05, 4.69) is 15.0 Å². The van der Waals surface area contributed by atoms with E-state index in [1.54, 1.807) is 30.3 Å². The zero-order valence-corrected chi connectivity index (χ0v) is 21.8. The molecule has 0 bridgehead atoms. The Balaban J connectivity index is 1.71. The molecule has 0 aliphatic carbocycles. The molecule has 4 rings (SSSR count). The average molecular weight is 537 g/mol. The first-order chi connectivity index (χ1) is 18.3. The Morgan fingerprint density at radius 2 is 1.84 bits per heavy atom. The van der Waals surface area contributed by atoms with Crippen LogP contribution in [-0.4, -0.2) is 52.0 Å². The Bertz CT molecular complexity index is 1500. The SMILES string of the molecule is COCCNC(=O)C(c1ccco1)N(C(=O)CNS(=O)(=O)c1ccc(C)cc1)c1cnc2ccccc2c1. The lowest BCUT2D eigenvalue weighted by Gasteiger charge is -2.30. The van der Waals surface area contributed by atoms with E-state index in [-0.39, 0.29) is 23.8 Å². The lowest BCUT2D eigenvalue weighted by atomic mass is 10.1. The van der Waals surface area contributed by atoms with E-state index in [1.807, 2.05) is 31.2 Å². The van der Waals surface area contributed by atoms with Gasteiger partial charge in [-0.2, -0.15) is 0 Å². The number of carbonyl (C=O) groups is 2. The Labute approximate surface area is 220 Å². The number of amides is 2. The summed E-state index contributed by atoms with van der Waals surface area (Å²) < 4.78 is 38.7. The summed E-state index contributed by atoms with van der Waals surface area (Å²) in [6.45, 7) is 1.70. The van der Waals surface area contributed by atoms with Crippen molar-refractivity contribution >= 4 is 38.4 Å². The number of para-hydroxylation sites is 1. The second-order valence-corrected chi connectivity index (χ2v) is 10.3. The van der Waals surface area contributed by atoms with E-state index in [1.165, 1.54) is 36.6 Å². The molecule has 0 spiro atoms. The van der Waals surface area contributed by atoms with E-state index in [9.17, 15) is 18.0 Å². The van der Waals surface area contributed by atoms with Crippen LogP contribution in [0.4, 0.5) is 5.69 Å². The molecule has 1 unspecified atom stereocenters. The van der Waals surface area contributed by atoms with Crippen molar-refractivity contribution in [1.82, 2.24) is 15.0 Å². The number of hydrogen-bond acceptors (Lipinski definition) is 7. The first kappa shape index (κ1) is 27.0. The van der Waals surface area contributed by atoms with E-state index < -0.39 is 34.4 Å². The Morgan fingerprint density at radius 1 is 1.08 bits per heavy atom. The van der Waals surface area contributed by atoms with Gasteiger partial charge in [0.15, 0.2) is 6.04 Å². The van der Waals surface area contributed by atoms with Crippen molar-refractivity contribution < 1.29 is 27.2 Å². The molecule has 198 valence electrons. The van der Waals surface area contributed by atoms with Gasteiger partial charge in [0.2, 0.25) is 15.9 Å². The molecule has 2 heterocycles. The number of benzene rings is 2. The number of rotatable bonds is 11. The van der Waals surface area contributed by atoms with Gasteiger partial charge >= 0.3 is 0 Å². The Morgan fingerprint density at radius 3 is 2.55 bits per heavy atom. The van der Waals surface area contributed by atoms with Crippen LogP contribution in [0.25, 0.3) is 10.9 Å². The van der Waals surface area contributed by atoms with Gasteiger partial charge in [0.05, 0.1) is 41.7 Å². The van der Waals surface area contributed by atoms with Gasteiger partial charge in [-0.25, -0.2) is 13.1 Å². The van der Waals surface area contributed by atoms with Gasteiger partial charge in [0.25, 0.3) is 5.91 Å². The van der Waals surface area contributed by atoms with E-state index in [0.717, 1.165) is 10.9 Å². The molecule has 38 heavy (non-hydrogen) atoms. The third-order valence-electron chi connectivity index (χ3n) is 5.79. The van der Waals surface area contributed by atoms with Crippen LogP contribution in [0.1, 0.15) is 17.4 Å². The number of methoxy groups -OCH3 is 1. The molecule has 4 aromatic rings. The summed E-state index contributed by atoms with van der Waals surface area (Å²) in [6.07, 6.45) is 2.86. The fourth-order valence-electron chi connectivity index (χ4n) is 3.86. The minimum Gasteiger partial charge on any atom is -0.467 e. The molecule has 0 fully saturated rings. The molecule has 0 radical (unpaired) electrons. The average Bonchev–Trinajstić information content (AvgIpc) is 3.45. The zero-order chi connectivity index (χ0) is 27.1. The highest BCUT2D eigenvalue weighted by Crippen LogP contribution is 2.30. The third-order valence-corrected chi connectivity index (χ3v) is 7.21. The first-order valence-corrected chi connectivity index (χ1v) is 13.3. The maximum Gasteiger partial charge on any atom is 0.251 e. The second-order valence-electron chi connectivity index (χ2n) is 8.49. The highest BCUT2D eigenvalue weighted by atomic mass is 32.2. The largest absolute Gasteiger partial charge is 0.467 e. The highest BCUT2D eigenvalue weighted by molar-refractivity contribution is 7.89. The molecule has 0 saturated carbocycles. The number of furan rings is 1. The van der Waals surface area contributed by atoms with Crippen molar-refractivity contribution in [3.8, 4) is 0 Å². The summed E-state index contributed by atoms with van der Waals surface area (Å²) in [5.41, 5.74) is 1.89. The van der Waals surface area contributed by atoms with E-state index in [4.69, 9.17) is 9.15 Å². The lowest BCUT2D eigenvalue weighted by molar-refractivity contribution is -0.126. The lowest BCUT2D eigenvalue weighted by Crippen LogP contribution is -2.48. The highest BCUT2D eigenvalue weighted by Gasteiger charge is 2.35. The molecule has 2 amide bonds. The van der Waals surface area contributed by atoms with Crippen LogP contribution < -0.4 is 14.9 Å². The van der Waals surface area contributed by atoms with Gasteiger partial charge in [-0.1, -0.05) is 35.9 Å². The Hall–Kier alpha value is -4.06.